The van der Waals surface area contributed by atoms with Gasteiger partial charge < -0.3 is 4.98 Å². The standard InChI is InChI=1S/C27H31N.C4H10/c1-6-11-27-25(24(7-2)26(8-3)28-27)17-14-19(4)20(5)22-16-15-21-12-9-10-13-23(21)18-22;1-4(2)3/h6-20,28H,1-5H3;4H,1-3H3/b11-6-,17-14-,24-7-,26-8+;. The first-order valence-corrected chi connectivity index (χ1v) is 12.0. The summed E-state index contributed by atoms with van der Waals surface area (Å²) in [5.41, 5.74) is 3.83. The summed E-state index contributed by atoms with van der Waals surface area (Å²) in [5.74, 6) is 1.73. The highest BCUT2D eigenvalue weighted by molar-refractivity contribution is 5.83. The van der Waals surface area contributed by atoms with Crippen molar-refractivity contribution in [1.82, 2.24) is 4.98 Å². The first kappa shape index (κ1) is 25.5. The molecule has 2 atom stereocenters. The zero-order valence-corrected chi connectivity index (χ0v) is 21.2. The van der Waals surface area contributed by atoms with Crippen LogP contribution in [0.2, 0.25) is 0 Å². The summed E-state index contributed by atoms with van der Waals surface area (Å²) >= 11 is 0. The fourth-order valence-electron chi connectivity index (χ4n) is 3.80. The van der Waals surface area contributed by atoms with E-state index < -0.39 is 0 Å². The molecule has 0 saturated heterocycles. The highest BCUT2D eigenvalue weighted by Gasteiger charge is 2.13. The van der Waals surface area contributed by atoms with E-state index in [-0.39, 0.29) is 0 Å². The topological polar surface area (TPSA) is 15.8 Å². The number of aromatic amines is 1. The number of benzene rings is 2. The summed E-state index contributed by atoms with van der Waals surface area (Å²) in [5, 5.41) is 5.08. The molecule has 0 aliphatic heterocycles. The van der Waals surface area contributed by atoms with Gasteiger partial charge in [-0.05, 0) is 60.9 Å². The second-order valence-electron chi connectivity index (χ2n) is 9.20. The van der Waals surface area contributed by atoms with Crippen molar-refractivity contribution in [1.29, 1.82) is 0 Å². The Balaban J connectivity index is 0.000000837. The van der Waals surface area contributed by atoms with Crippen LogP contribution in [0, 0.1) is 11.8 Å². The Labute approximate surface area is 195 Å². The lowest BCUT2D eigenvalue weighted by molar-refractivity contribution is 0.594. The smallest absolute Gasteiger partial charge is 0.0461 e. The van der Waals surface area contributed by atoms with Gasteiger partial charge in [0, 0.05) is 21.8 Å². The number of nitrogens with one attached hydrogen (secondary N) is 1. The number of fused-ring (bicyclic) bond motifs is 1. The zero-order chi connectivity index (χ0) is 23.7. The van der Waals surface area contributed by atoms with E-state index >= 15 is 0 Å². The molecule has 1 aromatic heterocycles. The van der Waals surface area contributed by atoms with Gasteiger partial charge in [-0.3, -0.25) is 0 Å². The zero-order valence-electron chi connectivity index (χ0n) is 21.2. The van der Waals surface area contributed by atoms with E-state index in [9.17, 15) is 0 Å². The Morgan fingerprint density at radius 2 is 1.44 bits per heavy atom. The Morgan fingerprint density at radius 1 is 0.781 bits per heavy atom. The number of allylic oxidation sites excluding steroid dienone is 2. The number of hydrogen-bond acceptors (Lipinski definition) is 0. The number of aromatic nitrogens is 1. The molecule has 0 amide bonds. The molecule has 3 rings (SSSR count). The minimum absolute atomic E-state index is 0.438. The molecule has 0 aliphatic carbocycles. The van der Waals surface area contributed by atoms with Gasteiger partial charge in [0.2, 0.25) is 0 Å². The first-order chi connectivity index (χ1) is 15.3. The summed E-state index contributed by atoms with van der Waals surface area (Å²) < 4.78 is 0. The van der Waals surface area contributed by atoms with Crippen LogP contribution in [0.3, 0.4) is 0 Å². The average molecular weight is 428 g/mol. The van der Waals surface area contributed by atoms with Crippen molar-refractivity contribution in [2.24, 2.45) is 11.8 Å². The molecule has 32 heavy (non-hydrogen) atoms. The van der Waals surface area contributed by atoms with E-state index in [2.05, 4.69) is 139 Å². The van der Waals surface area contributed by atoms with Crippen molar-refractivity contribution in [3.8, 4) is 0 Å². The first-order valence-electron chi connectivity index (χ1n) is 12.0. The second kappa shape index (κ2) is 12.3. The van der Waals surface area contributed by atoms with Crippen LogP contribution in [0.15, 0.2) is 54.6 Å². The highest BCUT2D eigenvalue weighted by atomic mass is 14.7. The van der Waals surface area contributed by atoms with Gasteiger partial charge in [0.05, 0.1) is 0 Å². The Kier molecular flexibility index (Phi) is 9.78. The SMILES string of the molecule is C/C=C\c1[nH]c(=C/C)/c(=C\C)c1/C=C\C(C)C(C)c1ccc2ccccc2c1.CC(C)C. The third-order valence-corrected chi connectivity index (χ3v) is 5.70. The molecule has 2 aromatic carbocycles. The minimum atomic E-state index is 0.438. The van der Waals surface area contributed by atoms with Gasteiger partial charge >= 0.3 is 0 Å². The molecule has 0 fully saturated rings. The third kappa shape index (κ3) is 6.60. The van der Waals surface area contributed by atoms with Crippen LogP contribution in [0.5, 0.6) is 0 Å². The Morgan fingerprint density at radius 3 is 2.03 bits per heavy atom. The van der Waals surface area contributed by atoms with Gasteiger partial charge in [-0.25, -0.2) is 0 Å². The lowest BCUT2D eigenvalue weighted by atomic mass is 9.87. The Hall–Kier alpha value is -2.80. The van der Waals surface area contributed by atoms with Gasteiger partial charge in [-0.1, -0.05) is 107 Å². The molecule has 1 heterocycles. The van der Waals surface area contributed by atoms with Crippen molar-refractivity contribution in [2.45, 2.75) is 61.3 Å². The summed E-state index contributed by atoms with van der Waals surface area (Å²) in [6, 6.07) is 15.4. The lowest BCUT2D eigenvalue weighted by Crippen LogP contribution is -2.23. The summed E-state index contributed by atoms with van der Waals surface area (Å²) in [6.07, 6.45) is 13.2. The maximum atomic E-state index is 3.53. The van der Waals surface area contributed by atoms with E-state index in [4.69, 9.17) is 0 Å². The van der Waals surface area contributed by atoms with Crippen LogP contribution in [0.4, 0.5) is 0 Å². The molecule has 0 saturated carbocycles. The predicted molar refractivity (Wildman–Crippen MR) is 146 cm³/mol. The molecule has 0 aliphatic rings. The summed E-state index contributed by atoms with van der Waals surface area (Å²) in [7, 11) is 0. The molecular weight excluding hydrogens is 386 g/mol. The van der Waals surface area contributed by atoms with Crippen LogP contribution < -0.4 is 10.6 Å². The monoisotopic (exact) mass is 427 g/mol. The van der Waals surface area contributed by atoms with Gasteiger partial charge in [0.15, 0.2) is 0 Å². The quantitative estimate of drug-likeness (QED) is 0.426. The van der Waals surface area contributed by atoms with Gasteiger partial charge in [-0.2, -0.15) is 0 Å². The number of hydrogen-bond donors (Lipinski definition) is 1. The highest BCUT2D eigenvalue weighted by Crippen LogP contribution is 2.28. The van der Waals surface area contributed by atoms with Crippen molar-refractivity contribution in [3.63, 3.8) is 0 Å². The van der Waals surface area contributed by atoms with E-state index in [0.29, 0.717) is 11.8 Å². The summed E-state index contributed by atoms with van der Waals surface area (Å²) in [4.78, 5) is 3.53. The van der Waals surface area contributed by atoms with Crippen LogP contribution in [0.1, 0.15) is 78.1 Å². The molecule has 3 aromatic rings. The number of rotatable bonds is 5. The molecular formula is C31H41N. The van der Waals surface area contributed by atoms with Crippen LogP contribution in [-0.4, -0.2) is 4.98 Å². The van der Waals surface area contributed by atoms with Gasteiger partial charge in [-0.15, -0.1) is 0 Å². The van der Waals surface area contributed by atoms with Gasteiger partial charge in [0.1, 0.15) is 0 Å². The molecule has 0 spiro atoms. The average Bonchev–Trinajstić information content (AvgIpc) is 3.12. The van der Waals surface area contributed by atoms with E-state index in [0.717, 1.165) is 5.92 Å². The van der Waals surface area contributed by atoms with E-state index in [1.54, 1.807) is 0 Å². The normalized spacial score (nSPS) is 15.0. The largest absolute Gasteiger partial charge is 0.355 e. The molecule has 1 N–H and O–H groups in total. The van der Waals surface area contributed by atoms with E-state index in [1.807, 2.05) is 0 Å². The predicted octanol–water partition coefficient (Wildman–Crippen LogP) is 7.92. The van der Waals surface area contributed by atoms with Crippen LogP contribution in [-0.2, 0) is 0 Å². The maximum absolute atomic E-state index is 3.53. The van der Waals surface area contributed by atoms with Crippen molar-refractivity contribution < 1.29 is 0 Å². The Bertz CT molecular complexity index is 1170. The molecule has 2 unspecified atom stereocenters. The fourth-order valence-corrected chi connectivity index (χ4v) is 3.80. The molecule has 0 radical (unpaired) electrons. The molecule has 1 heteroatoms. The van der Waals surface area contributed by atoms with Crippen LogP contribution in [0.25, 0.3) is 35.1 Å². The van der Waals surface area contributed by atoms with E-state index in [1.165, 1.54) is 38.2 Å². The minimum Gasteiger partial charge on any atom is -0.355 e. The molecule has 1 nitrogen and oxygen atoms in total. The second-order valence-corrected chi connectivity index (χ2v) is 9.20. The van der Waals surface area contributed by atoms with Crippen LogP contribution >= 0.6 is 0 Å². The molecule has 0 bridgehead atoms. The van der Waals surface area contributed by atoms with Crippen molar-refractivity contribution >= 4 is 35.1 Å². The lowest BCUT2D eigenvalue weighted by Gasteiger charge is -2.18. The van der Waals surface area contributed by atoms with Crippen molar-refractivity contribution in [2.75, 3.05) is 0 Å². The number of H-pyrrole nitrogens is 1. The van der Waals surface area contributed by atoms with Gasteiger partial charge in [0.25, 0.3) is 0 Å². The summed E-state index contributed by atoms with van der Waals surface area (Å²) in [6.45, 7) is 17.4. The third-order valence-electron chi connectivity index (χ3n) is 5.70. The maximum Gasteiger partial charge on any atom is 0.0461 e. The molecule has 170 valence electrons. The van der Waals surface area contributed by atoms with Crippen molar-refractivity contribution in [3.05, 3.63) is 82.0 Å². The fraction of sp³-hybridized carbons (Fsp3) is 0.355.